The van der Waals surface area contributed by atoms with Gasteiger partial charge in [0, 0.05) is 11.5 Å². The van der Waals surface area contributed by atoms with Crippen LogP contribution in [0.5, 0.6) is 0 Å². The summed E-state index contributed by atoms with van der Waals surface area (Å²) in [6.45, 7) is 0. The van der Waals surface area contributed by atoms with Gasteiger partial charge >= 0.3 is 0 Å². The normalized spacial score (nSPS) is 22.7. The molecule has 1 rings (SSSR count). The Bertz CT molecular complexity index is 97.4. The molecule has 1 aliphatic rings. The zero-order valence-corrected chi connectivity index (χ0v) is 4.98. The lowest BCUT2D eigenvalue weighted by atomic mass is 10.6. The number of hydrogen-bond acceptors (Lipinski definition) is 1. The highest BCUT2D eigenvalue weighted by atomic mass is 32.8. The second-order valence-corrected chi connectivity index (χ2v) is 4.92. The molecule has 0 radical (unpaired) electrons. The maximum absolute atomic E-state index is 9.84. The predicted octanol–water partition coefficient (Wildman–Crippen LogP) is 0.136. The van der Waals surface area contributed by atoms with Crippen molar-refractivity contribution in [2.45, 2.75) is 6.42 Å². The van der Waals surface area contributed by atoms with E-state index in [1.807, 2.05) is 0 Å². The van der Waals surface area contributed by atoms with Crippen molar-refractivity contribution in [3.05, 3.63) is 0 Å². The third-order valence-corrected chi connectivity index (χ3v) is 4.10. The van der Waals surface area contributed by atoms with Gasteiger partial charge in [-0.05, 0) is 6.42 Å². The first-order valence-electron chi connectivity index (χ1n) is 1.91. The minimum absolute atomic E-state index is 0.258. The van der Waals surface area contributed by atoms with Crippen molar-refractivity contribution in [3.8, 4) is 0 Å². The predicted molar refractivity (Wildman–Crippen MR) is 29.9 cm³/mol. The van der Waals surface area contributed by atoms with E-state index in [0.717, 1.165) is 10.2 Å². The number of rotatable bonds is 0. The summed E-state index contributed by atoms with van der Waals surface area (Å²) in [5.41, 5.74) is 0. The van der Waals surface area contributed by atoms with E-state index in [-0.39, 0.29) is 9.45 Å². The zero-order valence-electron chi connectivity index (χ0n) is 3.35. The minimum Gasteiger partial charge on any atom is -0.205 e. The Morgan fingerprint density at radius 1 is 1.50 bits per heavy atom. The topological polar surface area (TPSA) is 17.1 Å². The van der Waals surface area contributed by atoms with Crippen LogP contribution in [0.2, 0.25) is 0 Å². The summed E-state index contributed by atoms with van der Waals surface area (Å²) >= 11 is 0. The molecule has 0 aliphatic carbocycles. The molecule has 0 saturated carbocycles. The SMILES string of the molecule is O=S=S1CCC1. The maximum Gasteiger partial charge on any atom is 0.120 e. The van der Waals surface area contributed by atoms with Crippen molar-refractivity contribution < 1.29 is 4.21 Å². The first kappa shape index (κ1) is 4.53. The highest BCUT2D eigenvalue weighted by molar-refractivity contribution is 8.32. The molecule has 36 valence electrons. The Kier molecular flexibility index (Phi) is 1.42. The van der Waals surface area contributed by atoms with Crippen molar-refractivity contribution in [2.75, 3.05) is 11.5 Å². The van der Waals surface area contributed by atoms with E-state index in [1.54, 1.807) is 0 Å². The van der Waals surface area contributed by atoms with E-state index in [2.05, 4.69) is 0 Å². The first-order chi connectivity index (χ1) is 2.93. The molecular formula is C3H6OS2. The molecule has 0 unspecified atom stereocenters. The van der Waals surface area contributed by atoms with Crippen molar-refractivity contribution in [1.29, 1.82) is 0 Å². The fourth-order valence-corrected chi connectivity index (χ4v) is 2.11. The average molecular weight is 122 g/mol. The van der Waals surface area contributed by atoms with Gasteiger partial charge in [0.05, 0.1) is 0 Å². The van der Waals surface area contributed by atoms with E-state index in [0.29, 0.717) is 0 Å². The summed E-state index contributed by atoms with van der Waals surface area (Å²) < 4.78 is 9.84. The molecule has 0 aromatic carbocycles. The molecule has 0 aromatic rings. The van der Waals surface area contributed by atoms with Crippen LogP contribution >= 0.6 is 0 Å². The lowest BCUT2D eigenvalue weighted by Gasteiger charge is -2.10. The quantitative estimate of drug-likeness (QED) is 0.446. The molecule has 1 saturated heterocycles. The lowest BCUT2D eigenvalue weighted by Crippen LogP contribution is -2.14. The first-order valence-corrected chi connectivity index (χ1v) is 4.73. The van der Waals surface area contributed by atoms with Crippen LogP contribution in [0.15, 0.2) is 0 Å². The van der Waals surface area contributed by atoms with Gasteiger partial charge in [0.15, 0.2) is 0 Å². The van der Waals surface area contributed by atoms with E-state index >= 15 is 0 Å². The standard InChI is InChI=1S/C3H6OS2/c4-5-6-2-1-3-6/h1-3H2. The van der Waals surface area contributed by atoms with Crippen LogP contribution < -0.4 is 0 Å². The van der Waals surface area contributed by atoms with Gasteiger partial charge in [0.25, 0.3) is 0 Å². The highest BCUT2D eigenvalue weighted by Gasteiger charge is 2.05. The monoisotopic (exact) mass is 122 g/mol. The van der Waals surface area contributed by atoms with Crippen LogP contribution in [-0.4, -0.2) is 15.7 Å². The Balaban J connectivity index is 2.55. The van der Waals surface area contributed by atoms with Crippen molar-refractivity contribution in [1.82, 2.24) is 0 Å². The van der Waals surface area contributed by atoms with E-state index < -0.39 is 0 Å². The van der Waals surface area contributed by atoms with Crippen LogP contribution in [0.1, 0.15) is 6.42 Å². The van der Waals surface area contributed by atoms with Crippen LogP contribution in [0, 0.1) is 0 Å². The van der Waals surface area contributed by atoms with Crippen LogP contribution in [0.3, 0.4) is 0 Å². The Morgan fingerprint density at radius 3 is 2.17 bits per heavy atom. The van der Waals surface area contributed by atoms with Gasteiger partial charge in [-0.1, -0.05) is 9.45 Å². The third-order valence-electron chi connectivity index (χ3n) is 0.840. The molecule has 3 heteroatoms. The fourth-order valence-electron chi connectivity index (χ4n) is 0.330. The van der Waals surface area contributed by atoms with Gasteiger partial charge in [0.2, 0.25) is 0 Å². The van der Waals surface area contributed by atoms with Gasteiger partial charge in [-0.25, -0.2) is 4.21 Å². The van der Waals surface area contributed by atoms with E-state index in [1.165, 1.54) is 17.9 Å². The molecule has 6 heavy (non-hydrogen) atoms. The van der Waals surface area contributed by atoms with Gasteiger partial charge in [-0.15, -0.1) is 0 Å². The second-order valence-electron chi connectivity index (χ2n) is 1.27. The summed E-state index contributed by atoms with van der Waals surface area (Å²) in [5.74, 6) is 2.38. The molecule has 0 atom stereocenters. The van der Waals surface area contributed by atoms with Gasteiger partial charge in [0.1, 0.15) is 10.2 Å². The van der Waals surface area contributed by atoms with Crippen LogP contribution in [0.4, 0.5) is 0 Å². The fraction of sp³-hybridized carbons (Fsp3) is 1.00. The molecular weight excluding hydrogens is 116 g/mol. The summed E-state index contributed by atoms with van der Waals surface area (Å²) in [5, 5.41) is 0. The largest absolute Gasteiger partial charge is 0.205 e. The molecule has 1 heterocycles. The molecule has 0 bridgehead atoms. The molecule has 1 aliphatic heterocycles. The summed E-state index contributed by atoms with van der Waals surface area (Å²) in [4.78, 5) is 0. The average Bonchev–Trinajstić information content (AvgIpc) is 1.31. The van der Waals surface area contributed by atoms with Crippen molar-refractivity contribution >= 4 is 19.7 Å². The Hall–Kier alpha value is 0.370. The van der Waals surface area contributed by atoms with Crippen molar-refractivity contribution in [3.63, 3.8) is 0 Å². The third kappa shape index (κ3) is 0.708. The van der Waals surface area contributed by atoms with E-state index in [9.17, 15) is 4.21 Å². The van der Waals surface area contributed by atoms with Gasteiger partial charge < -0.3 is 0 Å². The summed E-state index contributed by atoms with van der Waals surface area (Å²) in [6.07, 6.45) is 1.29. The molecule has 0 spiro atoms. The van der Waals surface area contributed by atoms with Crippen LogP contribution in [-0.2, 0) is 19.7 Å². The smallest absolute Gasteiger partial charge is 0.120 e. The summed E-state index contributed by atoms with van der Waals surface area (Å²) in [6, 6.07) is 0. The summed E-state index contributed by atoms with van der Waals surface area (Å²) in [7, 11) is 1.05. The molecule has 0 N–H and O–H groups in total. The zero-order chi connectivity index (χ0) is 4.41. The Labute approximate surface area is 42.4 Å². The van der Waals surface area contributed by atoms with Gasteiger partial charge in [-0.3, -0.25) is 0 Å². The Morgan fingerprint density at radius 2 is 2.17 bits per heavy atom. The molecule has 0 aromatic heterocycles. The highest BCUT2D eigenvalue weighted by Crippen LogP contribution is 2.02. The number of hydrogen-bond donors (Lipinski definition) is 0. The second kappa shape index (κ2) is 1.89. The van der Waals surface area contributed by atoms with Crippen molar-refractivity contribution in [2.24, 2.45) is 0 Å². The van der Waals surface area contributed by atoms with E-state index in [4.69, 9.17) is 0 Å². The maximum atomic E-state index is 9.84. The molecule has 0 amide bonds. The minimum atomic E-state index is 0.258. The van der Waals surface area contributed by atoms with Crippen LogP contribution in [0.25, 0.3) is 0 Å². The molecule has 1 fully saturated rings. The molecule has 1 nitrogen and oxygen atoms in total. The lowest BCUT2D eigenvalue weighted by molar-refractivity contribution is 0.701. The van der Waals surface area contributed by atoms with Gasteiger partial charge in [-0.2, -0.15) is 0 Å².